The van der Waals surface area contributed by atoms with Gasteiger partial charge in [-0.2, -0.15) is 0 Å². The Kier molecular flexibility index (Phi) is 3.27. The van der Waals surface area contributed by atoms with E-state index < -0.39 is 0 Å². The zero-order chi connectivity index (χ0) is 10.8. The first-order valence-corrected chi connectivity index (χ1v) is 5.81. The van der Waals surface area contributed by atoms with Gasteiger partial charge in [0.05, 0.1) is 5.02 Å². The summed E-state index contributed by atoms with van der Waals surface area (Å²) in [5, 5.41) is 3.64. The smallest absolute Gasteiger partial charge is 0.144 e. The van der Waals surface area contributed by atoms with Gasteiger partial charge < -0.3 is 5.32 Å². The molecule has 1 aromatic carbocycles. The van der Waals surface area contributed by atoms with Crippen LogP contribution in [-0.2, 0) is 6.42 Å². The quantitative estimate of drug-likeness (QED) is 0.816. The van der Waals surface area contributed by atoms with E-state index in [1.54, 1.807) is 6.07 Å². The number of halogens is 2. The molecule has 1 aliphatic rings. The summed E-state index contributed by atoms with van der Waals surface area (Å²) >= 11 is 5.87. The molecule has 0 saturated carbocycles. The lowest BCUT2D eigenvalue weighted by Crippen LogP contribution is -2.13. The normalized spacial score (nSPS) is 20.9. The summed E-state index contributed by atoms with van der Waals surface area (Å²) in [5.41, 5.74) is 1.84. The Balaban J connectivity index is 2.35. The molecule has 1 unspecified atom stereocenters. The van der Waals surface area contributed by atoms with E-state index in [4.69, 9.17) is 11.6 Å². The minimum absolute atomic E-state index is 0.248. The van der Waals surface area contributed by atoms with Crippen LogP contribution in [0.5, 0.6) is 0 Å². The second-order valence-corrected chi connectivity index (χ2v) is 4.39. The van der Waals surface area contributed by atoms with Crippen molar-refractivity contribution in [1.29, 1.82) is 0 Å². The maximum absolute atomic E-state index is 13.5. The van der Waals surface area contributed by atoms with E-state index in [0.717, 1.165) is 18.5 Å². The van der Waals surface area contributed by atoms with E-state index in [1.165, 1.54) is 6.42 Å². The predicted octanol–water partition coefficient (Wildman–Crippen LogP) is 3.47. The predicted molar refractivity (Wildman–Crippen MR) is 60.8 cm³/mol. The molecule has 0 aliphatic carbocycles. The highest BCUT2D eigenvalue weighted by Gasteiger charge is 2.18. The molecule has 1 nitrogen and oxygen atoms in total. The summed E-state index contributed by atoms with van der Waals surface area (Å²) in [4.78, 5) is 0. The van der Waals surface area contributed by atoms with Gasteiger partial charge in [-0.1, -0.05) is 24.6 Å². The first-order chi connectivity index (χ1) is 7.22. The van der Waals surface area contributed by atoms with Gasteiger partial charge in [-0.3, -0.25) is 0 Å². The fourth-order valence-electron chi connectivity index (χ4n) is 2.10. The third kappa shape index (κ3) is 2.16. The summed E-state index contributed by atoms with van der Waals surface area (Å²) in [5.74, 6) is -0.263. The van der Waals surface area contributed by atoms with Crippen molar-refractivity contribution in [3.8, 4) is 0 Å². The molecule has 1 aliphatic heterocycles. The highest BCUT2D eigenvalue weighted by atomic mass is 35.5. The van der Waals surface area contributed by atoms with Gasteiger partial charge >= 0.3 is 0 Å². The van der Waals surface area contributed by atoms with Crippen LogP contribution in [0.4, 0.5) is 4.39 Å². The molecule has 1 aromatic rings. The molecule has 15 heavy (non-hydrogen) atoms. The highest BCUT2D eigenvalue weighted by Crippen LogP contribution is 2.29. The van der Waals surface area contributed by atoms with Crippen molar-refractivity contribution in [2.45, 2.75) is 32.2 Å². The minimum atomic E-state index is -0.263. The average molecular weight is 228 g/mol. The van der Waals surface area contributed by atoms with E-state index >= 15 is 0 Å². The van der Waals surface area contributed by atoms with Crippen LogP contribution in [-0.4, -0.2) is 6.54 Å². The molecule has 0 amide bonds. The van der Waals surface area contributed by atoms with E-state index in [-0.39, 0.29) is 10.8 Å². The van der Waals surface area contributed by atoms with Crippen LogP contribution < -0.4 is 5.32 Å². The summed E-state index contributed by atoms with van der Waals surface area (Å²) in [7, 11) is 0. The molecule has 1 N–H and O–H groups in total. The van der Waals surface area contributed by atoms with Gasteiger partial charge in [-0.25, -0.2) is 4.39 Å². The number of rotatable bonds is 2. The second kappa shape index (κ2) is 4.50. The molecule has 0 bridgehead atoms. The Morgan fingerprint density at radius 2 is 2.33 bits per heavy atom. The first-order valence-electron chi connectivity index (χ1n) is 5.43. The fraction of sp³-hybridized carbons (Fsp3) is 0.500. The molecule has 2 rings (SSSR count). The number of hydrogen-bond acceptors (Lipinski definition) is 1. The van der Waals surface area contributed by atoms with Gasteiger partial charge in [-0.15, -0.1) is 0 Å². The Morgan fingerprint density at radius 1 is 1.53 bits per heavy atom. The Hall–Kier alpha value is -0.600. The van der Waals surface area contributed by atoms with E-state index in [2.05, 4.69) is 5.32 Å². The highest BCUT2D eigenvalue weighted by molar-refractivity contribution is 6.30. The molecular weight excluding hydrogens is 213 g/mol. The lowest BCUT2D eigenvalue weighted by Gasteiger charge is -2.13. The van der Waals surface area contributed by atoms with Crippen LogP contribution in [0.2, 0.25) is 5.02 Å². The first kappa shape index (κ1) is 10.9. The molecule has 0 spiro atoms. The topological polar surface area (TPSA) is 12.0 Å². The summed E-state index contributed by atoms with van der Waals surface area (Å²) in [6.45, 7) is 2.99. The molecule has 0 aromatic heterocycles. The SMILES string of the molecule is CCc1cc(C2CCCN2)cc(Cl)c1F. The lowest BCUT2D eigenvalue weighted by atomic mass is 10.0. The molecule has 1 saturated heterocycles. The van der Waals surface area contributed by atoms with Crippen molar-refractivity contribution < 1.29 is 4.39 Å². The molecule has 1 atom stereocenters. The summed E-state index contributed by atoms with van der Waals surface area (Å²) < 4.78 is 13.5. The Morgan fingerprint density at radius 3 is 2.93 bits per heavy atom. The van der Waals surface area contributed by atoms with Crippen molar-refractivity contribution in [2.24, 2.45) is 0 Å². The van der Waals surface area contributed by atoms with Crippen LogP contribution in [0, 0.1) is 5.82 Å². The number of nitrogens with one attached hydrogen (secondary N) is 1. The van der Waals surface area contributed by atoms with Crippen molar-refractivity contribution in [2.75, 3.05) is 6.54 Å². The van der Waals surface area contributed by atoms with Crippen LogP contribution in [0.3, 0.4) is 0 Å². The maximum atomic E-state index is 13.5. The van der Waals surface area contributed by atoms with Crippen molar-refractivity contribution in [1.82, 2.24) is 5.32 Å². The van der Waals surface area contributed by atoms with E-state index in [1.807, 2.05) is 13.0 Å². The standard InChI is InChI=1S/C12H15ClFN/c1-2-8-6-9(7-10(13)12(8)14)11-4-3-5-15-11/h6-7,11,15H,2-5H2,1H3. The van der Waals surface area contributed by atoms with Gasteiger partial charge in [0.1, 0.15) is 5.82 Å². The minimum Gasteiger partial charge on any atom is -0.310 e. The fourth-order valence-corrected chi connectivity index (χ4v) is 2.34. The van der Waals surface area contributed by atoms with Crippen LogP contribution in [0.1, 0.15) is 36.9 Å². The lowest BCUT2D eigenvalue weighted by molar-refractivity contribution is 0.603. The summed E-state index contributed by atoms with van der Waals surface area (Å²) in [6.07, 6.45) is 2.98. The van der Waals surface area contributed by atoms with Gasteiger partial charge in [0.25, 0.3) is 0 Å². The number of hydrogen-bond donors (Lipinski definition) is 1. The summed E-state index contributed by atoms with van der Waals surface area (Å²) in [6, 6.07) is 4.04. The zero-order valence-electron chi connectivity index (χ0n) is 8.82. The van der Waals surface area contributed by atoms with Gasteiger partial charge in [-0.05, 0) is 43.0 Å². The average Bonchev–Trinajstić information content (AvgIpc) is 2.75. The van der Waals surface area contributed by atoms with Crippen molar-refractivity contribution in [3.63, 3.8) is 0 Å². The maximum Gasteiger partial charge on any atom is 0.144 e. The van der Waals surface area contributed by atoms with Gasteiger partial charge in [0.15, 0.2) is 0 Å². The molecule has 1 heterocycles. The Labute approximate surface area is 94.6 Å². The Bertz CT molecular complexity index is 359. The van der Waals surface area contributed by atoms with E-state index in [0.29, 0.717) is 18.0 Å². The third-order valence-corrected chi connectivity index (χ3v) is 3.24. The third-order valence-electron chi connectivity index (χ3n) is 2.97. The van der Waals surface area contributed by atoms with Crippen molar-refractivity contribution in [3.05, 3.63) is 34.1 Å². The van der Waals surface area contributed by atoms with Gasteiger partial charge in [0.2, 0.25) is 0 Å². The molecule has 3 heteroatoms. The van der Waals surface area contributed by atoms with Crippen LogP contribution in [0.25, 0.3) is 0 Å². The molecule has 82 valence electrons. The molecule has 0 radical (unpaired) electrons. The zero-order valence-corrected chi connectivity index (χ0v) is 9.57. The second-order valence-electron chi connectivity index (χ2n) is 3.98. The largest absolute Gasteiger partial charge is 0.310 e. The van der Waals surface area contributed by atoms with Crippen molar-refractivity contribution >= 4 is 11.6 Å². The van der Waals surface area contributed by atoms with E-state index in [9.17, 15) is 4.39 Å². The molecule has 1 fully saturated rings. The van der Waals surface area contributed by atoms with Crippen LogP contribution >= 0.6 is 11.6 Å². The monoisotopic (exact) mass is 227 g/mol. The molecular formula is C12H15ClFN. The number of aryl methyl sites for hydroxylation is 1. The number of benzene rings is 1. The van der Waals surface area contributed by atoms with Crippen LogP contribution in [0.15, 0.2) is 12.1 Å². The van der Waals surface area contributed by atoms with Gasteiger partial charge in [0, 0.05) is 6.04 Å².